The van der Waals surface area contributed by atoms with E-state index in [9.17, 15) is 4.39 Å². The number of tetrazole rings is 1. The van der Waals surface area contributed by atoms with Gasteiger partial charge in [-0.25, -0.2) is 9.37 Å². The number of hydrogen-bond acceptors (Lipinski definition) is 8. The number of nitrogens with one attached hydrogen (secondary N) is 2. The molecule has 174 valence electrons. The van der Waals surface area contributed by atoms with Gasteiger partial charge in [-0.1, -0.05) is 11.6 Å². The molecule has 2 fully saturated rings. The van der Waals surface area contributed by atoms with E-state index >= 15 is 0 Å². The van der Waals surface area contributed by atoms with Crippen LogP contribution in [0.3, 0.4) is 0 Å². The smallest absolute Gasteiger partial charge is 0.229 e. The molecule has 0 aliphatic carbocycles. The van der Waals surface area contributed by atoms with Crippen molar-refractivity contribution in [3.8, 4) is 5.69 Å². The van der Waals surface area contributed by atoms with E-state index in [2.05, 4.69) is 54.9 Å². The van der Waals surface area contributed by atoms with E-state index in [0.29, 0.717) is 34.3 Å². The van der Waals surface area contributed by atoms with Gasteiger partial charge in [0.15, 0.2) is 11.6 Å². The zero-order valence-corrected chi connectivity index (χ0v) is 19.6. The maximum Gasteiger partial charge on any atom is 0.229 e. The average Bonchev–Trinajstić information content (AvgIpc) is 3.41. The van der Waals surface area contributed by atoms with Gasteiger partial charge in [0, 0.05) is 23.3 Å². The summed E-state index contributed by atoms with van der Waals surface area (Å²) < 4.78 is 15.7. The number of fused-ring (bicyclic) bond motifs is 1. The van der Waals surface area contributed by atoms with Crippen LogP contribution >= 0.6 is 11.6 Å². The molecule has 0 bridgehead atoms. The summed E-state index contributed by atoms with van der Waals surface area (Å²) in [5.41, 5.74) is 0.978. The highest BCUT2D eigenvalue weighted by Crippen LogP contribution is 2.39. The summed E-state index contributed by atoms with van der Waals surface area (Å²) >= 11 is 6.43. The van der Waals surface area contributed by atoms with Crippen molar-refractivity contribution in [1.82, 2.24) is 35.1 Å². The average molecular weight is 472 g/mol. The van der Waals surface area contributed by atoms with Gasteiger partial charge in [-0.3, -0.25) is 4.90 Å². The van der Waals surface area contributed by atoms with Gasteiger partial charge in [0.25, 0.3) is 0 Å². The predicted molar refractivity (Wildman–Crippen MR) is 125 cm³/mol. The standard InChI is InChI=1S/C22H27ClFN9/c1-13-29-30-31-33(13)19-10-14(6-7-18(19)24)27-21-25-12-17(23)20(28-21)26-15-9-16-5-4-8-32(16)22(2,3)11-15/h6-7,10,12,15-16H,4-5,8-9,11H2,1-3H3,(H2,25,26,27,28)/t15-,16+/m1/s1. The van der Waals surface area contributed by atoms with Crippen LogP contribution in [-0.4, -0.2) is 59.2 Å². The van der Waals surface area contributed by atoms with Crippen LogP contribution in [0, 0.1) is 12.7 Å². The largest absolute Gasteiger partial charge is 0.366 e. The fourth-order valence-electron chi connectivity index (χ4n) is 5.18. The Hall–Kier alpha value is -2.85. The van der Waals surface area contributed by atoms with Crippen LogP contribution in [-0.2, 0) is 0 Å². The monoisotopic (exact) mass is 471 g/mol. The SMILES string of the molecule is Cc1nnnn1-c1cc(Nc2ncc(Cl)c(N[C@@H]3C[C@@H]4CCCN4C(C)(C)C3)n2)ccc1F. The zero-order valence-electron chi connectivity index (χ0n) is 18.9. The van der Waals surface area contributed by atoms with Gasteiger partial charge in [0.1, 0.15) is 16.5 Å². The number of anilines is 3. The Morgan fingerprint density at radius 2 is 2.12 bits per heavy atom. The highest BCUT2D eigenvalue weighted by molar-refractivity contribution is 6.32. The fourth-order valence-corrected chi connectivity index (χ4v) is 5.32. The van der Waals surface area contributed by atoms with Crippen molar-refractivity contribution < 1.29 is 4.39 Å². The molecule has 2 atom stereocenters. The molecule has 3 aromatic rings. The van der Waals surface area contributed by atoms with E-state index in [4.69, 9.17) is 11.6 Å². The zero-order chi connectivity index (χ0) is 23.2. The van der Waals surface area contributed by atoms with Gasteiger partial charge in [-0.15, -0.1) is 5.10 Å². The van der Waals surface area contributed by atoms with Crippen molar-refractivity contribution in [2.24, 2.45) is 0 Å². The first-order valence-electron chi connectivity index (χ1n) is 11.2. The maximum absolute atomic E-state index is 14.4. The van der Waals surface area contributed by atoms with E-state index in [1.54, 1.807) is 25.3 Å². The minimum absolute atomic E-state index is 0.135. The molecule has 2 aromatic heterocycles. The number of aromatic nitrogens is 6. The lowest BCUT2D eigenvalue weighted by Crippen LogP contribution is -2.55. The number of benzene rings is 1. The Morgan fingerprint density at radius 1 is 1.27 bits per heavy atom. The highest BCUT2D eigenvalue weighted by Gasteiger charge is 2.43. The second kappa shape index (κ2) is 8.49. The molecule has 0 unspecified atom stereocenters. The summed E-state index contributed by atoms with van der Waals surface area (Å²) in [4.78, 5) is 11.5. The van der Waals surface area contributed by atoms with Gasteiger partial charge in [-0.2, -0.15) is 9.67 Å². The summed E-state index contributed by atoms with van der Waals surface area (Å²) in [6, 6.07) is 5.45. The number of aryl methyl sites for hydroxylation is 1. The Labute approximate surface area is 196 Å². The third-order valence-corrected chi connectivity index (χ3v) is 6.87. The minimum atomic E-state index is -0.434. The summed E-state index contributed by atoms with van der Waals surface area (Å²) in [5, 5.41) is 18.4. The van der Waals surface area contributed by atoms with Crippen LogP contribution in [0.15, 0.2) is 24.4 Å². The lowest BCUT2D eigenvalue weighted by molar-refractivity contribution is 0.0501. The van der Waals surface area contributed by atoms with Crippen LogP contribution in [0.4, 0.5) is 21.8 Å². The molecule has 4 heterocycles. The lowest BCUT2D eigenvalue weighted by atomic mass is 9.84. The molecular formula is C22H27ClFN9. The van der Waals surface area contributed by atoms with Crippen LogP contribution in [0.5, 0.6) is 0 Å². The first-order valence-corrected chi connectivity index (χ1v) is 11.6. The molecule has 0 spiro atoms. The minimum Gasteiger partial charge on any atom is -0.366 e. The second-order valence-corrected chi connectivity index (χ2v) is 9.81. The fraction of sp³-hybridized carbons (Fsp3) is 0.500. The van der Waals surface area contributed by atoms with E-state index in [0.717, 1.165) is 12.8 Å². The second-order valence-electron chi connectivity index (χ2n) is 9.40. The van der Waals surface area contributed by atoms with Gasteiger partial charge in [-0.05, 0) is 81.6 Å². The Kier molecular flexibility index (Phi) is 5.65. The predicted octanol–water partition coefficient (Wildman–Crippen LogP) is 4.11. The molecule has 0 radical (unpaired) electrons. The highest BCUT2D eigenvalue weighted by atomic mass is 35.5. The molecule has 11 heteroatoms. The van der Waals surface area contributed by atoms with Crippen molar-refractivity contribution in [3.63, 3.8) is 0 Å². The molecule has 0 amide bonds. The van der Waals surface area contributed by atoms with E-state index < -0.39 is 5.82 Å². The molecule has 5 rings (SSSR count). The lowest BCUT2D eigenvalue weighted by Gasteiger charge is -2.47. The van der Waals surface area contributed by atoms with Crippen LogP contribution in [0.2, 0.25) is 5.02 Å². The summed E-state index contributed by atoms with van der Waals surface area (Å²) in [7, 11) is 0. The Balaban J connectivity index is 1.35. The molecule has 33 heavy (non-hydrogen) atoms. The van der Waals surface area contributed by atoms with Crippen molar-refractivity contribution in [2.75, 3.05) is 17.2 Å². The summed E-state index contributed by atoms with van der Waals surface area (Å²) in [5.74, 6) is 1.01. The molecule has 2 aliphatic rings. The Morgan fingerprint density at radius 3 is 2.91 bits per heavy atom. The number of nitrogens with zero attached hydrogens (tertiary/aromatic N) is 7. The third-order valence-electron chi connectivity index (χ3n) is 6.60. The molecule has 2 aliphatic heterocycles. The van der Waals surface area contributed by atoms with Gasteiger partial charge < -0.3 is 10.6 Å². The molecule has 1 aromatic carbocycles. The molecule has 9 nitrogen and oxygen atoms in total. The van der Waals surface area contributed by atoms with Crippen LogP contribution in [0.1, 0.15) is 45.4 Å². The third kappa shape index (κ3) is 4.37. The first-order chi connectivity index (χ1) is 15.8. The molecule has 2 saturated heterocycles. The topological polar surface area (TPSA) is 96.7 Å². The van der Waals surface area contributed by atoms with Crippen LogP contribution < -0.4 is 10.6 Å². The normalized spacial score (nSPS) is 22.2. The quantitative estimate of drug-likeness (QED) is 0.573. The van der Waals surface area contributed by atoms with Crippen molar-refractivity contribution in [3.05, 3.63) is 41.1 Å². The summed E-state index contributed by atoms with van der Waals surface area (Å²) in [6.07, 6.45) is 6.15. The van der Waals surface area contributed by atoms with Crippen molar-refractivity contribution >= 4 is 29.1 Å². The number of halogens is 2. The number of hydrogen-bond donors (Lipinski definition) is 2. The molecular weight excluding hydrogens is 445 g/mol. The number of piperidine rings is 1. The van der Waals surface area contributed by atoms with E-state index in [1.165, 1.54) is 30.1 Å². The molecule has 0 saturated carbocycles. The van der Waals surface area contributed by atoms with Gasteiger partial charge in [0.2, 0.25) is 5.95 Å². The van der Waals surface area contributed by atoms with Crippen molar-refractivity contribution in [2.45, 2.75) is 64.1 Å². The van der Waals surface area contributed by atoms with Crippen LogP contribution in [0.25, 0.3) is 5.69 Å². The maximum atomic E-state index is 14.4. The molecule has 2 N–H and O–H groups in total. The Bertz CT molecular complexity index is 1160. The number of rotatable bonds is 5. The summed E-state index contributed by atoms with van der Waals surface area (Å²) in [6.45, 7) is 7.51. The first kappa shape index (κ1) is 22.0. The van der Waals surface area contributed by atoms with Crippen molar-refractivity contribution in [1.29, 1.82) is 0 Å². The van der Waals surface area contributed by atoms with E-state index in [-0.39, 0.29) is 17.3 Å². The van der Waals surface area contributed by atoms with Gasteiger partial charge in [0.05, 0.1) is 6.20 Å². The van der Waals surface area contributed by atoms with E-state index in [1.807, 2.05) is 0 Å². The van der Waals surface area contributed by atoms with Gasteiger partial charge >= 0.3 is 0 Å².